The van der Waals surface area contributed by atoms with E-state index in [1.807, 2.05) is 13.0 Å². The maximum absolute atomic E-state index is 9.43. The van der Waals surface area contributed by atoms with Gasteiger partial charge in [0.05, 0.1) is 6.54 Å². The van der Waals surface area contributed by atoms with E-state index in [1.54, 1.807) is 0 Å². The fourth-order valence-corrected chi connectivity index (χ4v) is 2.78. The van der Waals surface area contributed by atoms with Crippen LogP contribution in [0.3, 0.4) is 0 Å². The molecular formula is C14H24N2O2. The van der Waals surface area contributed by atoms with Gasteiger partial charge in [0.25, 0.3) is 0 Å². The summed E-state index contributed by atoms with van der Waals surface area (Å²) < 4.78 is 5.63. The first-order valence-corrected chi connectivity index (χ1v) is 6.65. The number of aryl methyl sites for hydroxylation is 1. The number of hydrogen-bond acceptors (Lipinski definition) is 4. The first-order valence-electron chi connectivity index (χ1n) is 6.65. The first kappa shape index (κ1) is 13.6. The van der Waals surface area contributed by atoms with Gasteiger partial charge in [0, 0.05) is 19.2 Å². The fraction of sp³-hybridized carbons (Fsp3) is 0.714. The Kier molecular flexibility index (Phi) is 4.43. The molecule has 2 heterocycles. The summed E-state index contributed by atoms with van der Waals surface area (Å²) in [6.07, 6.45) is 1.05. The summed E-state index contributed by atoms with van der Waals surface area (Å²) in [5.74, 6) is 2.40. The van der Waals surface area contributed by atoms with E-state index in [0.717, 1.165) is 37.6 Å². The summed E-state index contributed by atoms with van der Waals surface area (Å²) in [4.78, 5) is 4.63. The number of furan rings is 1. The van der Waals surface area contributed by atoms with E-state index < -0.39 is 0 Å². The number of aliphatic hydroxyl groups is 1. The minimum Gasteiger partial charge on any atom is -0.465 e. The minimum absolute atomic E-state index is 0.288. The topological polar surface area (TPSA) is 39.9 Å². The second-order valence-electron chi connectivity index (χ2n) is 5.51. The molecule has 1 aromatic heterocycles. The van der Waals surface area contributed by atoms with E-state index >= 15 is 0 Å². The maximum Gasteiger partial charge on any atom is 0.118 e. The van der Waals surface area contributed by atoms with Gasteiger partial charge >= 0.3 is 0 Å². The van der Waals surface area contributed by atoms with E-state index in [-0.39, 0.29) is 6.61 Å². The van der Waals surface area contributed by atoms with Crippen molar-refractivity contribution in [2.45, 2.75) is 25.9 Å². The Balaban J connectivity index is 1.95. The van der Waals surface area contributed by atoms with Crippen molar-refractivity contribution in [3.63, 3.8) is 0 Å². The van der Waals surface area contributed by atoms with Crippen molar-refractivity contribution in [3.8, 4) is 0 Å². The van der Waals surface area contributed by atoms with E-state index in [9.17, 15) is 5.11 Å². The highest BCUT2D eigenvalue weighted by atomic mass is 16.3. The van der Waals surface area contributed by atoms with Gasteiger partial charge in [-0.15, -0.1) is 0 Å². The first-order chi connectivity index (χ1) is 8.60. The van der Waals surface area contributed by atoms with Crippen LogP contribution in [0.4, 0.5) is 0 Å². The van der Waals surface area contributed by atoms with Gasteiger partial charge in [-0.2, -0.15) is 0 Å². The summed E-state index contributed by atoms with van der Waals surface area (Å²) in [5, 5.41) is 9.43. The second kappa shape index (κ2) is 5.87. The van der Waals surface area contributed by atoms with Gasteiger partial charge in [0.15, 0.2) is 0 Å². The molecule has 4 nitrogen and oxygen atoms in total. The Morgan fingerprint density at radius 2 is 2.22 bits per heavy atom. The highest BCUT2D eigenvalue weighted by Crippen LogP contribution is 2.22. The number of aliphatic hydroxyl groups excluding tert-OH is 1. The van der Waals surface area contributed by atoms with Crippen LogP contribution in [-0.2, 0) is 6.54 Å². The Hall–Kier alpha value is -0.840. The van der Waals surface area contributed by atoms with Crippen molar-refractivity contribution in [2.75, 3.05) is 33.8 Å². The van der Waals surface area contributed by atoms with E-state index in [1.165, 1.54) is 0 Å². The quantitative estimate of drug-likeness (QED) is 0.877. The van der Waals surface area contributed by atoms with Crippen molar-refractivity contribution in [2.24, 2.45) is 5.92 Å². The molecule has 2 rings (SSSR count). The van der Waals surface area contributed by atoms with Gasteiger partial charge in [-0.1, -0.05) is 0 Å². The number of rotatable bonds is 4. The molecule has 1 aromatic rings. The van der Waals surface area contributed by atoms with Crippen LogP contribution in [-0.4, -0.2) is 54.7 Å². The molecule has 1 aliphatic heterocycles. The molecule has 0 bridgehead atoms. The molecule has 0 aliphatic carbocycles. The average Bonchev–Trinajstić information content (AvgIpc) is 2.74. The highest BCUT2D eigenvalue weighted by Gasteiger charge is 2.30. The molecule has 0 saturated carbocycles. The fourth-order valence-electron chi connectivity index (χ4n) is 2.78. The van der Waals surface area contributed by atoms with Gasteiger partial charge in [0.2, 0.25) is 0 Å². The van der Waals surface area contributed by atoms with Crippen molar-refractivity contribution in [3.05, 3.63) is 23.7 Å². The lowest BCUT2D eigenvalue weighted by Crippen LogP contribution is -2.51. The number of likely N-dealkylation sites (tertiary alicyclic amines) is 1. The predicted octanol–water partition coefficient (Wildman–Crippen LogP) is 1.33. The largest absolute Gasteiger partial charge is 0.465 e. The monoisotopic (exact) mass is 252 g/mol. The Bertz CT molecular complexity index is 376. The molecular weight excluding hydrogens is 228 g/mol. The van der Waals surface area contributed by atoms with E-state index in [0.29, 0.717) is 12.0 Å². The van der Waals surface area contributed by atoms with Crippen LogP contribution in [0.1, 0.15) is 17.9 Å². The van der Waals surface area contributed by atoms with Crippen LogP contribution in [0, 0.1) is 12.8 Å². The van der Waals surface area contributed by atoms with Gasteiger partial charge in [-0.05, 0) is 52.0 Å². The molecule has 0 amide bonds. The van der Waals surface area contributed by atoms with E-state index in [4.69, 9.17) is 4.42 Å². The van der Waals surface area contributed by atoms with Crippen LogP contribution in [0.25, 0.3) is 0 Å². The molecule has 4 heteroatoms. The van der Waals surface area contributed by atoms with Crippen LogP contribution in [0.15, 0.2) is 16.5 Å². The van der Waals surface area contributed by atoms with Crippen molar-refractivity contribution in [1.82, 2.24) is 9.80 Å². The Morgan fingerprint density at radius 1 is 1.44 bits per heavy atom. The normalized spacial score (nSPS) is 25.8. The molecule has 1 saturated heterocycles. The van der Waals surface area contributed by atoms with Crippen molar-refractivity contribution >= 4 is 0 Å². The zero-order chi connectivity index (χ0) is 13.1. The van der Waals surface area contributed by atoms with Gasteiger partial charge in [-0.3, -0.25) is 4.90 Å². The zero-order valence-electron chi connectivity index (χ0n) is 11.6. The molecule has 0 unspecified atom stereocenters. The van der Waals surface area contributed by atoms with Gasteiger partial charge in [-0.25, -0.2) is 0 Å². The predicted molar refractivity (Wildman–Crippen MR) is 71.4 cm³/mol. The van der Waals surface area contributed by atoms with Gasteiger partial charge in [0.1, 0.15) is 11.5 Å². The van der Waals surface area contributed by atoms with Crippen LogP contribution >= 0.6 is 0 Å². The maximum atomic E-state index is 9.43. The molecule has 1 fully saturated rings. The molecule has 1 N–H and O–H groups in total. The Morgan fingerprint density at radius 3 is 2.78 bits per heavy atom. The van der Waals surface area contributed by atoms with Crippen molar-refractivity contribution in [1.29, 1.82) is 0 Å². The Labute approximate surface area is 109 Å². The summed E-state index contributed by atoms with van der Waals surface area (Å²) in [6.45, 7) is 5.17. The number of piperidine rings is 1. The second-order valence-corrected chi connectivity index (χ2v) is 5.51. The lowest BCUT2D eigenvalue weighted by Gasteiger charge is -2.40. The molecule has 18 heavy (non-hydrogen) atoms. The summed E-state index contributed by atoms with van der Waals surface area (Å²) in [5.41, 5.74) is 0. The van der Waals surface area contributed by atoms with E-state index in [2.05, 4.69) is 30.0 Å². The smallest absolute Gasteiger partial charge is 0.118 e. The summed E-state index contributed by atoms with van der Waals surface area (Å²) in [6, 6.07) is 4.50. The molecule has 0 spiro atoms. The molecule has 1 aliphatic rings. The number of likely N-dealkylation sites (N-methyl/N-ethyl adjacent to an activating group) is 1. The minimum atomic E-state index is 0.288. The standard InChI is InChI=1S/C14H24N2O2/c1-11-4-5-13(18-11)8-16-7-6-12(10-17)14(9-16)15(2)3/h4-5,12,14,17H,6-10H2,1-3H3/t12-,14-/m1/s1. The van der Waals surface area contributed by atoms with Gasteiger partial charge < -0.3 is 14.4 Å². The van der Waals surface area contributed by atoms with Crippen LogP contribution < -0.4 is 0 Å². The third-order valence-corrected chi connectivity index (χ3v) is 3.88. The number of nitrogens with zero attached hydrogens (tertiary/aromatic N) is 2. The summed E-state index contributed by atoms with van der Waals surface area (Å²) in [7, 11) is 4.18. The summed E-state index contributed by atoms with van der Waals surface area (Å²) >= 11 is 0. The SMILES string of the molecule is Cc1ccc(CN2CC[C@H](CO)[C@H](N(C)C)C2)o1. The molecule has 102 valence electrons. The molecule has 0 aromatic carbocycles. The average molecular weight is 252 g/mol. The van der Waals surface area contributed by atoms with Crippen LogP contribution in [0.5, 0.6) is 0 Å². The lowest BCUT2D eigenvalue weighted by molar-refractivity contribution is 0.0432. The molecule has 0 radical (unpaired) electrons. The van der Waals surface area contributed by atoms with Crippen molar-refractivity contribution < 1.29 is 9.52 Å². The third-order valence-electron chi connectivity index (χ3n) is 3.88. The third kappa shape index (κ3) is 3.13. The lowest BCUT2D eigenvalue weighted by atomic mass is 9.91. The van der Waals surface area contributed by atoms with Crippen LogP contribution in [0.2, 0.25) is 0 Å². The highest BCUT2D eigenvalue weighted by molar-refractivity contribution is 5.05. The molecule has 2 atom stereocenters. The number of hydrogen-bond donors (Lipinski definition) is 1. The zero-order valence-corrected chi connectivity index (χ0v) is 11.6.